The smallest absolute Gasteiger partial charge is 0.326 e. The summed E-state index contributed by atoms with van der Waals surface area (Å²) in [6, 6.07) is -1.27. The topological polar surface area (TPSA) is 83.6 Å². The predicted octanol–water partition coefficient (Wildman–Crippen LogP) is 0.467. The summed E-state index contributed by atoms with van der Waals surface area (Å²) in [4.78, 5) is 24.1. The molecule has 0 radical (unpaired) electrons. The Balaban J connectivity index is 0.00000225. The van der Waals surface area contributed by atoms with Crippen molar-refractivity contribution < 1.29 is 14.7 Å². The third kappa shape index (κ3) is 3.09. The minimum atomic E-state index is -0.934. The number of nitrogens with two attached hydrogens (primary N) is 1. The Bertz CT molecular complexity index is 271. The Hall–Kier alpha value is -0.810. The van der Waals surface area contributed by atoms with Crippen LogP contribution in [0.4, 0.5) is 0 Å². The molecule has 1 aliphatic heterocycles. The fourth-order valence-corrected chi connectivity index (χ4v) is 1.76. The number of amides is 1. The van der Waals surface area contributed by atoms with Crippen LogP contribution in [0.15, 0.2) is 0 Å². The van der Waals surface area contributed by atoms with Crippen LogP contribution in [-0.2, 0) is 9.59 Å². The van der Waals surface area contributed by atoms with Crippen molar-refractivity contribution >= 4 is 24.3 Å². The quantitative estimate of drug-likeness (QED) is 0.763. The van der Waals surface area contributed by atoms with Crippen molar-refractivity contribution in [1.82, 2.24) is 4.90 Å². The molecule has 0 aromatic rings. The van der Waals surface area contributed by atoms with E-state index >= 15 is 0 Å². The molecule has 0 spiro atoms. The molecule has 0 aliphatic carbocycles. The molecule has 1 amide bonds. The summed E-state index contributed by atoms with van der Waals surface area (Å²) in [6.45, 7) is 4.22. The van der Waals surface area contributed by atoms with Crippen LogP contribution in [0.25, 0.3) is 0 Å². The van der Waals surface area contributed by atoms with Crippen molar-refractivity contribution in [2.24, 2.45) is 11.7 Å². The fraction of sp³-hybridized carbons (Fsp3) is 0.800. The minimum absolute atomic E-state index is 0. The first kappa shape index (κ1) is 15.2. The third-order valence-electron chi connectivity index (χ3n) is 2.82. The number of halogens is 1. The molecular formula is C10H19ClN2O3. The fourth-order valence-electron chi connectivity index (χ4n) is 1.76. The molecule has 0 aromatic heterocycles. The summed E-state index contributed by atoms with van der Waals surface area (Å²) < 4.78 is 0. The number of hydrogen-bond donors (Lipinski definition) is 2. The van der Waals surface area contributed by atoms with Gasteiger partial charge < -0.3 is 15.7 Å². The zero-order valence-corrected chi connectivity index (χ0v) is 10.4. The average molecular weight is 251 g/mol. The van der Waals surface area contributed by atoms with Gasteiger partial charge in [0.05, 0.1) is 6.04 Å². The summed E-state index contributed by atoms with van der Waals surface area (Å²) in [5.41, 5.74) is 5.72. The molecule has 3 N–H and O–H groups in total. The summed E-state index contributed by atoms with van der Waals surface area (Å²) in [5.74, 6) is -1.14. The normalized spacial score (nSPS) is 21.8. The van der Waals surface area contributed by atoms with Gasteiger partial charge in [0.25, 0.3) is 0 Å². The van der Waals surface area contributed by atoms with Gasteiger partial charge in [-0.3, -0.25) is 4.79 Å². The lowest BCUT2D eigenvalue weighted by Gasteiger charge is -2.26. The third-order valence-corrected chi connectivity index (χ3v) is 2.82. The molecule has 1 fully saturated rings. The van der Waals surface area contributed by atoms with E-state index in [0.717, 1.165) is 6.42 Å². The van der Waals surface area contributed by atoms with Crippen LogP contribution in [-0.4, -0.2) is 40.5 Å². The molecule has 2 atom stereocenters. The van der Waals surface area contributed by atoms with Crippen molar-refractivity contribution in [3.8, 4) is 0 Å². The average Bonchev–Trinajstić information content (AvgIpc) is 2.63. The van der Waals surface area contributed by atoms with Gasteiger partial charge in [0.15, 0.2) is 0 Å². The van der Waals surface area contributed by atoms with Gasteiger partial charge in [-0.25, -0.2) is 4.79 Å². The van der Waals surface area contributed by atoms with Crippen molar-refractivity contribution in [3.05, 3.63) is 0 Å². The predicted molar refractivity (Wildman–Crippen MR) is 62.4 cm³/mol. The molecule has 0 saturated carbocycles. The van der Waals surface area contributed by atoms with E-state index in [1.165, 1.54) is 4.90 Å². The minimum Gasteiger partial charge on any atom is -0.480 e. The van der Waals surface area contributed by atoms with Crippen LogP contribution < -0.4 is 5.73 Å². The van der Waals surface area contributed by atoms with Crippen LogP contribution in [0.1, 0.15) is 26.7 Å². The Kier molecular flexibility index (Phi) is 5.75. The number of likely N-dealkylation sites (tertiary alicyclic amines) is 1. The van der Waals surface area contributed by atoms with Gasteiger partial charge in [-0.05, 0) is 18.8 Å². The number of rotatable bonds is 3. The summed E-state index contributed by atoms with van der Waals surface area (Å²) in [7, 11) is 0. The molecule has 1 heterocycles. The largest absolute Gasteiger partial charge is 0.480 e. The Morgan fingerprint density at radius 3 is 2.44 bits per heavy atom. The second-order valence-corrected chi connectivity index (χ2v) is 4.30. The lowest BCUT2D eigenvalue weighted by Crippen LogP contribution is -2.50. The number of carbonyl (C=O) groups is 2. The lowest BCUT2D eigenvalue weighted by molar-refractivity contribution is -0.149. The monoisotopic (exact) mass is 250 g/mol. The number of carboxylic acids is 1. The van der Waals surface area contributed by atoms with Crippen molar-refractivity contribution in [1.29, 1.82) is 0 Å². The summed E-state index contributed by atoms with van der Waals surface area (Å²) in [6.07, 6.45) is 1.28. The van der Waals surface area contributed by atoms with E-state index in [1.807, 2.05) is 13.8 Å². The van der Waals surface area contributed by atoms with E-state index in [4.69, 9.17) is 10.8 Å². The first-order valence-electron chi connectivity index (χ1n) is 5.24. The van der Waals surface area contributed by atoms with Crippen LogP contribution in [0.2, 0.25) is 0 Å². The first-order valence-corrected chi connectivity index (χ1v) is 5.24. The van der Waals surface area contributed by atoms with Gasteiger partial charge in [0.2, 0.25) is 5.91 Å². The van der Waals surface area contributed by atoms with Crippen molar-refractivity contribution in [3.63, 3.8) is 0 Å². The van der Waals surface area contributed by atoms with Crippen LogP contribution in [0, 0.1) is 5.92 Å². The van der Waals surface area contributed by atoms with E-state index in [-0.39, 0.29) is 24.2 Å². The molecule has 16 heavy (non-hydrogen) atoms. The summed E-state index contributed by atoms with van der Waals surface area (Å²) in [5, 5.41) is 8.92. The van der Waals surface area contributed by atoms with E-state index < -0.39 is 18.1 Å². The number of aliphatic carboxylic acids is 1. The van der Waals surface area contributed by atoms with Gasteiger partial charge in [0, 0.05) is 6.54 Å². The van der Waals surface area contributed by atoms with Gasteiger partial charge in [-0.15, -0.1) is 12.4 Å². The molecule has 5 nitrogen and oxygen atoms in total. The molecule has 1 aliphatic rings. The van der Waals surface area contributed by atoms with E-state index in [2.05, 4.69) is 0 Å². The Labute approximate surface area is 101 Å². The molecular weight excluding hydrogens is 232 g/mol. The van der Waals surface area contributed by atoms with Crippen molar-refractivity contribution in [2.45, 2.75) is 38.8 Å². The van der Waals surface area contributed by atoms with Crippen molar-refractivity contribution in [2.75, 3.05) is 6.54 Å². The van der Waals surface area contributed by atoms with Gasteiger partial charge in [0.1, 0.15) is 6.04 Å². The van der Waals surface area contributed by atoms with E-state index in [9.17, 15) is 9.59 Å². The second kappa shape index (κ2) is 6.06. The molecule has 0 bridgehead atoms. The second-order valence-electron chi connectivity index (χ2n) is 4.30. The SMILES string of the molecule is CC(C)C(N)C(=O)N1CCCC1C(=O)O.Cl. The zero-order chi connectivity index (χ0) is 11.6. The van der Waals surface area contributed by atoms with Gasteiger partial charge in [-0.2, -0.15) is 0 Å². The van der Waals surface area contributed by atoms with E-state index in [1.54, 1.807) is 0 Å². The summed E-state index contributed by atoms with van der Waals surface area (Å²) >= 11 is 0. The van der Waals surface area contributed by atoms with Crippen LogP contribution in [0.3, 0.4) is 0 Å². The molecule has 94 valence electrons. The van der Waals surface area contributed by atoms with Crippen LogP contribution in [0.5, 0.6) is 0 Å². The van der Waals surface area contributed by atoms with Crippen LogP contribution >= 0.6 is 12.4 Å². The maximum absolute atomic E-state index is 11.8. The molecule has 6 heteroatoms. The molecule has 0 aromatic carbocycles. The highest BCUT2D eigenvalue weighted by Crippen LogP contribution is 2.19. The number of nitrogens with zero attached hydrogens (tertiary/aromatic N) is 1. The molecule has 1 saturated heterocycles. The number of hydrogen-bond acceptors (Lipinski definition) is 3. The maximum atomic E-state index is 11.8. The number of carboxylic acid groups (broad SMARTS) is 1. The highest BCUT2D eigenvalue weighted by atomic mass is 35.5. The zero-order valence-electron chi connectivity index (χ0n) is 9.55. The first-order chi connectivity index (χ1) is 6.95. The number of carbonyl (C=O) groups excluding carboxylic acids is 1. The Morgan fingerprint density at radius 2 is 2.00 bits per heavy atom. The molecule has 1 rings (SSSR count). The molecule has 2 unspecified atom stereocenters. The van der Waals surface area contributed by atoms with Gasteiger partial charge in [-0.1, -0.05) is 13.8 Å². The van der Waals surface area contributed by atoms with Gasteiger partial charge >= 0.3 is 5.97 Å². The highest BCUT2D eigenvalue weighted by molar-refractivity contribution is 5.87. The lowest BCUT2D eigenvalue weighted by atomic mass is 10.0. The highest BCUT2D eigenvalue weighted by Gasteiger charge is 2.36. The maximum Gasteiger partial charge on any atom is 0.326 e. The standard InChI is InChI=1S/C10H18N2O3.ClH/c1-6(2)8(11)9(13)12-5-3-4-7(12)10(14)15;/h6-8H,3-5,11H2,1-2H3,(H,14,15);1H. The Morgan fingerprint density at radius 1 is 1.44 bits per heavy atom. The van der Waals surface area contributed by atoms with E-state index in [0.29, 0.717) is 13.0 Å².